The molecular weight excluding hydrogens is 272 g/mol. The molecule has 0 unspecified atom stereocenters. The summed E-state index contributed by atoms with van der Waals surface area (Å²) < 4.78 is 0. The SMILES string of the molecule is CC(C)(NC(=O)C[C@@H]1CCC[C@H]1N)c1cccc(Cl)c1. The second-order valence-corrected chi connectivity index (χ2v) is 6.68. The minimum Gasteiger partial charge on any atom is -0.347 e. The first-order valence-electron chi connectivity index (χ1n) is 7.21. The summed E-state index contributed by atoms with van der Waals surface area (Å²) in [7, 11) is 0. The van der Waals surface area contributed by atoms with Crippen molar-refractivity contribution < 1.29 is 4.79 Å². The van der Waals surface area contributed by atoms with Gasteiger partial charge >= 0.3 is 0 Å². The average Bonchev–Trinajstić information content (AvgIpc) is 2.74. The Morgan fingerprint density at radius 1 is 1.45 bits per heavy atom. The Labute approximate surface area is 125 Å². The summed E-state index contributed by atoms with van der Waals surface area (Å²) in [4.78, 5) is 12.2. The molecular formula is C16H23ClN2O. The maximum Gasteiger partial charge on any atom is 0.221 e. The number of hydrogen-bond acceptors (Lipinski definition) is 2. The molecule has 3 nitrogen and oxygen atoms in total. The normalized spacial score (nSPS) is 22.8. The first-order chi connectivity index (χ1) is 9.38. The summed E-state index contributed by atoms with van der Waals surface area (Å²) in [6, 6.07) is 7.78. The highest BCUT2D eigenvalue weighted by Crippen LogP contribution is 2.28. The van der Waals surface area contributed by atoms with E-state index in [0.717, 1.165) is 24.8 Å². The van der Waals surface area contributed by atoms with Gasteiger partial charge in [0.05, 0.1) is 5.54 Å². The molecule has 1 saturated carbocycles. The molecule has 1 amide bonds. The van der Waals surface area contributed by atoms with Crippen LogP contribution in [0.5, 0.6) is 0 Å². The van der Waals surface area contributed by atoms with Crippen LogP contribution >= 0.6 is 11.6 Å². The Balaban J connectivity index is 1.98. The fourth-order valence-corrected chi connectivity index (χ4v) is 3.10. The van der Waals surface area contributed by atoms with E-state index < -0.39 is 5.54 Å². The molecule has 20 heavy (non-hydrogen) atoms. The standard InChI is InChI=1S/C16H23ClN2O/c1-16(2,12-6-4-7-13(17)10-12)19-15(20)9-11-5-3-8-14(11)18/h4,6-7,10-11,14H,3,5,8-9,18H2,1-2H3,(H,19,20)/t11-,14+/m0/s1. The van der Waals surface area contributed by atoms with Crippen molar-refractivity contribution in [3.05, 3.63) is 34.9 Å². The molecule has 0 aliphatic heterocycles. The molecule has 2 atom stereocenters. The number of nitrogens with one attached hydrogen (secondary N) is 1. The second-order valence-electron chi connectivity index (χ2n) is 6.24. The molecule has 110 valence electrons. The minimum atomic E-state index is -0.426. The molecule has 1 aromatic carbocycles. The Morgan fingerprint density at radius 2 is 2.20 bits per heavy atom. The lowest BCUT2D eigenvalue weighted by molar-refractivity contribution is -0.123. The zero-order valence-corrected chi connectivity index (χ0v) is 12.9. The van der Waals surface area contributed by atoms with Gasteiger partial charge in [-0.1, -0.05) is 30.2 Å². The highest BCUT2D eigenvalue weighted by Gasteiger charge is 2.29. The number of carbonyl (C=O) groups excluding carboxylic acids is 1. The van der Waals surface area contributed by atoms with Gasteiger partial charge in [0.15, 0.2) is 0 Å². The maximum absolute atomic E-state index is 12.2. The second kappa shape index (κ2) is 6.15. The first-order valence-corrected chi connectivity index (χ1v) is 7.59. The number of hydrogen-bond donors (Lipinski definition) is 2. The lowest BCUT2D eigenvalue weighted by Crippen LogP contribution is -2.42. The van der Waals surface area contributed by atoms with Gasteiger partial charge in [-0.2, -0.15) is 0 Å². The molecule has 0 saturated heterocycles. The third-order valence-corrected chi connectivity index (χ3v) is 4.40. The van der Waals surface area contributed by atoms with Crippen molar-refractivity contribution in [2.75, 3.05) is 0 Å². The van der Waals surface area contributed by atoms with E-state index in [1.807, 2.05) is 38.1 Å². The monoisotopic (exact) mass is 294 g/mol. The fourth-order valence-electron chi connectivity index (χ4n) is 2.91. The Kier molecular flexibility index (Phi) is 4.71. The van der Waals surface area contributed by atoms with E-state index in [1.54, 1.807) is 0 Å². The molecule has 2 rings (SSSR count). The lowest BCUT2D eigenvalue weighted by atomic mass is 9.93. The Hall–Kier alpha value is -1.06. The van der Waals surface area contributed by atoms with Crippen LogP contribution < -0.4 is 11.1 Å². The minimum absolute atomic E-state index is 0.0670. The van der Waals surface area contributed by atoms with Crippen LogP contribution in [-0.4, -0.2) is 11.9 Å². The number of carbonyl (C=O) groups is 1. The molecule has 1 aliphatic rings. The lowest BCUT2D eigenvalue weighted by Gasteiger charge is -2.28. The predicted molar refractivity (Wildman–Crippen MR) is 82.6 cm³/mol. The summed E-state index contributed by atoms with van der Waals surface area (Å²) in [5.74, 6) is 0.391. The molecule has 0 aromatic heterocycles. The van der Waals surface area contributed by atoms with E-state index in [1.165, 1.54) is 0 Å². The molecule has 1 aromatic rings. The topological polar surface area (TPSA) is 55.1 Å². The zero-order chi connectivity index (χ0) is 14.8. The summed E-state index contributed by atoms with van der Waals surface area (Å²) in [5.41, 5.74) is 6.61. The summed E-state index contributed by atoms with van der Waals surface area (Å²) in [6.45, 7) is 3.98. The van der Waals surface area contributed by atoms with E-state index >= 15 is 0 Å². The van der Waals surface area contributed by atoms with E-state index in [9.17, 15) is 4.79 Å². The molecule has 1 fully saturated rings. The van der Waals surface area contributed by atoms with Crippen molar-refractivity contribution in [1.82, 2.24) is 5.32 Å². The van der Waals surface area contributed by atoms with Crippen molar-refractivity contribution in [2.24, 2.45) is 11.7 Å². The van der Waals surface area contributed by atoms with Crippen molar-refractivity contribution in [1.29, 1.82) is 0 Å². The van der Waals surface area contributed by atoms with Gasteiger partial charge in [-0.25, -0.2) is 0 Å². The van der Waals surface area contributed by atoms with Crippen molar-refractivity contribution in [3.63, 3.8) is 0 Å². The predicted octanol–water partition coefficient (Wildman–Crippen LogP) is 3.21. The molecule has 0 spiro atoms. The smallest absolute Gasteiger partial charge is 0.221 e. The average molecular weight is 295 g/mol. The number of halogens is 1. The molecule has 3 N–H and O–H groups in total. The highest BCUT2D eigenvalue weighted by atomic mass is 35.5. The number of amides is 1. The van der Waals surface area contributed by atoms with Crippen LogP contribution in [0.15, 0.2) is 24.3 Å². The summed E-state index contributed by atoms with van der Waals surface area (Å²) in [5, 5.41) is 3.78. The van der Waals surface area contributed by atoms with E-state index in [-0.39, 0.29) is 11.9 Å². The quantitative estimate of drug-likeness (QED) is 0.896. The Morgan fingerprint density at radius 3 is 2.80 bits per heavy atom. The summed E-state index contributed by atoms with van der Waals surface area (Å²) in [6.07, 6.45) is 3.75. The van der Waals surface area contributed by atoms with Crippen LogP contribution in [0.2, 0.25) is 5.02 Å². The third kappa shape index (κ3) is 3.74. The fraction of sp³-hybridized carbons (Fsp3) is 0.562. The van der Waals surface area contributed by atoms with Gasteiger partial charge in [-0.05, 0) is 50.3 Å². The largest absolute Gasteiger partial charge is 0.347 e. The van der Waals surface area contributed by atoms with Gasteiger partial charge in [0.1, 0.15) is 0 Å². The number of rotatable bonds is 4. The van der Waals surface area contributed by atoms with E-state index in [0.29, 0.717) is 17.4 Å². The molecule has 0 radical (unpaired) electrons. The number of benzene rings is 1. The zero-order valence-electron chi connectivity index (χ0n) is 12.2. The highest BCUT2D eigenvalue weighted by molar-refractivity contribution is 6.30. The van der Waals surface area contributed by atoms with E-state index in [4.69, 9.17) is 17.3 Å². The summed E-state index contributed by atoms with van der Waals surface area (Å²) >= 11 is 6.01. The van der Waals surface area contributed by atoms with Crippen molar-refractivity contribution in [3.8, 4) is 0 Å². The van der Waals surface area contributed by atoms with Gasteiger partial charge in [0.25, 0.3) is 0 Å². The van der Waals surface area contributed by atoms with Crippen LogP contribution in [0.4, 0.5) is 0 Å². The number of nitrogens with two attached hydrogens (primary N) is 1. The van der Waals surface area contributed by atoms with Gasteiger partial charge in [-0.3, -0.25) is 4.79 Å². The molecule has 1 aliphatic carbocycles. The molecule has 4 heteroatoms. The van der Waals surface area contributed by atoms with Gasteiger partial charge in [-0.15, -0.1) is 0 Å². The van der Waals surface area contributed by atoms with E-state index in [2.05, 4.69) is 5.32 Å². The van der Waals surface area contributed by atoms with Crippen LogP contribution in [0, 0.1) is 5.92 Å². The van der Waals surface area contributed by atoms with Crippen LogP contribution in [0.25, 0.3) is 0 Å². The van der Waals surface area contributed by atoms with Crippen molar-refractivity contribution in [2.45, 2.75) is 51.1 Å². The first kappa shape index (κ1) is 15.3. The van der Waals surface area contributed by atoms with Crippen molar-refractivity contribution >= 4 is 17.5 Å². The molecule has 0 bridgehead atoms. The van der Waals surface area contributed by atoms with Gasteiger partial charge in [0, 0.05) is 17.5 Å². The maximum atomic E-state index is 12.2. The third-order valence-electron chi connectivity index (χ3n) is 4.16. The Bertz CT molecular complexity index is 487. The van der Waals surface area contributed by atoms with Crippen LogP contribution in [0.3, 0.4) is 0 Å². The van der Waals surface area contributed by atoms with Crippen LogP contribution in [0.1, 0.15) is 45.1 Å². The van der Waals surface area contributed by atoms with Crippen LogP contribution in [-0.2, 0) is 10.3 Å². The van der Waals surface area contributed by atoms with Gasteiger partial charge < -0.3 is 11.1 Å². The van der Waals surface area contributed by atoms with Gasteiger partial charge in [0.2, 0.25) is 5.91 Å². The molecule has 0 heterocycles.